The van der Waals surface area contributed by atoms with Crippen molar-refractivity contribution in [3.8, 4) is 0 Å². The molecule has 2 amide bonds. The van der Waals surface area contributed by atoms with Crippen LogP contribution in [0, 0.1) is 5.41 Å². The molecule has 0 aliphatic carbocycles. The highest BCUT2D eigenvalue weighted by Crippen LogP contribution is 2.25. The molecule has 1 atom stereocenters. The van der Waals surface area contributed by atoms with Crippen molar-refractivity contribution in [3.63, 3.8) is 0 Å². The first-order chi connectivity index (χ1) is 7.88. The van der Waals surface area contributed by atoms with Crippen molar-refractivity contribution in [2.45, 2.75) is 39.7 Å². The van der Waals surface area contributed by atoms with Crippen molar-refractivity contribution >= 4 is 11.8 Å². The summed E-state index contributed by atoms with van der Waals surface area (Å²) in [5.74, 6) is -0.0338. The molecule has 1 saturated heterocycles. The Balaban J connectivity index is 2.66. The summed E-state index contributed by atoms with van der Waals surface area (Å²) >= 11 is 0. The van der Waals surface area contributed by atoms with Gasteiger partial charge in [0.25, 0.3) is 0 Å². The Morgan fingerprint density at radius 1 is 1.41 bits per heavy atom. The van der Waals surface area contributed by atoms with Gasteiger partial charge in [-0.3, -0.25) is 9.59 Å². The van der Waals surface area contributed by atoms with E-state index in [2.05, 4.69) is 5.32 Å². The van der Waals surface area contributed by atoms with Crippen LogP contribution in [0.1, 0.15) is 33.6 Å². The summed E-state index contributed by atoms with van der Waals surface area (Å²) in [5.41, 5.74) is 4.91. The van der Waals surface area contributed by atoms with Crippen LogP contribution in [0.25, 0.3) is 0 Å². The Labute approximate surface area is 103 Å². The van der Waals surface area contributed by atoms with Gasteiger partial charge in [0, 0.05) is 25.0 Å². The lowest BCUT2D eigenvalue weighted by molar-refractivity contribution is -0.144. The van der Waals surface area contributed by atoms with E-state index >= 15 is 0 Å². The van der Waals surface area contributed by atoms with Crippen molar-refractivity contribution < 1.29 is 9.59 Å². The van der Waals surface area contributed by atoms with Crippen LogP contribution in [0.15, 0.2) is 0 Å². The van der Waals surface area contributed by atoms with Crippen molar-refractivity contribution in [1.29, 1.82) is 0 Å². The van der Waals surface area contributed by atoms with Gasteiger partial charge in [-0.15, -0.1) is 0 Å². The molecule has 1 aliphatic rings. The smallest absolute Gasteiger partial charge is 0.242 e. The van der Waals surface area contributed by atoms with E-state index in [1.54, 1.807) is 4.90 Å². The number of carbonyl (C=O) groups is 2. The fourth-order valence-electron chi connectivity index (χ4n) is 2.03. The molecule has 0 bridgehead atoms. The Kier molecular flexibility index (Phi) is 4.51. The number of likely N-dealkylation sites (tertiary alicyclic amines) is 1. The molecule has 0 spiro atoms. The van der Waals surface area contributed by atoms with Crippen molar-refractivity contribution in [3.05, 3.63) is 0 Å². The summed E-state index contributed by atoms with van der Waals surface area (Å²) in [6.45, 7) is 7.20. The van der Waals surface area contributed by atoms with Gasteiger partial charge in [-0.25, -0.2) is 0 Å². The summed E-state index contributed by atoms with van der Waals surface area (Å²) in [6, 6.07) is -0.312. The largest absolute Gasteiger partial charge is 0.353 e. The predicted octanol–water partition coefficient (Wildman–Crippen LogP) is 0.0984. The summed E-state index contributed by atoms with van der Waals surface area (Å²) in [7, 11) is 0. The third-order valence-electron chi connectivity index (χ3n) is 2.90. The van der Waals surface area contributed by atoms with Crippen molar-refractivity contribution in [2.24, 2.45) is 11.1 Å². The molecular formula is C12H23N3O2. The SMILES string of the molecule is CC(C)(C)C(=O)N1CCCC1C(=O)NCCN. The zero-order chi connectivity index (χ0) is 13.1. The van der Waals surface area contributed by atoms with Crippen LogP contribution in [-0.2, 0) is 9.59 Å². The van der Waals surface area contributed by atoms with Gasteiger partial charge in [-0.1, -0.05) is 20.8 Å². The van der Waals surface area contributed by atoms with E-state index in [0.717, 1.165) is 12.8 Å². The van der Waals surface area contributed by atoms with E-state index in [0.29, 0.717) is 19.6 Å². The minimum atomic E-state index is -0.434. The first-order valence-corrected chi connectivity index (χ1v) is 6.17. The van der Waals surface area contributed by atoms with Gasteiger partial charge in [-0.2, -0.15) is 0 Å². The molecule has 5 heteroatoms. The maximum absolute atomic E-state index is 12.2. The highest BCUT2D eigenvalue weighted by Gasteiger charge is 2.38. The third-order valence-corrected chi connectivity index (χ3v) is 2.90. The summed E-state index contributed by atoms with van der Waals surface area (Å²) in [6.07, 6.45) is 1.64. The fourth-order valence-corrected chi connectivity index (χ4v) is 2.03. The van der Waals surface area contributed by atoms with Gasteiger partial charge >= 0.3 is 0 Å². The Morgan fingerprint density at radius 3 is 2.59 bits per heavy atom. The first-order valence-electron chi connectivity index (χ1n) is 6.17. The van der Waals surface area contributed by atoms with E-state index in [1.165, 1.54) is 0 Å². The molecule has 1 fully saturated rings. The second kappa shape index (κ2) is 5.49. The van der Waals surface area contributed by atoms with E-state index in [9.17, 15) is 9.59 Å². The van der Waals surface area contributed by atoms with Gasteiger partial charge in [0.15, 0.2) is 0 Å². The molecule has 1 unspecified atom stereocenters. The summed E-state index contributed by atoms with van der Waals surface area (Å²) in [5, 5.41) is 2.75. The molecule has 1 heterocycles. The second-order valence-corrected chi connectivity index (χ2v) is 5.49. The summed E-state index contributed by atoms with van der Waals surface area (Å²) < 4.78 is 0. The number of hydrogen-bond acceptors (Lipinski definition) is 3. The van der Waals surface area contributed by atoms with Crippen LogP contribution < -0.4 is 11.1 Å². The molecule has 3 N–H and O–H groups in total. The molecule has 0 aromatic rings. The van der Waals surface area contributed by atoms with Crippen molar-refractivity contribution in [1.82, 2.24) is 10.2 Å². The average Bonchev–Trinajstić information content (AvgIpc) is 2.72. The molecule has 5 nitrogen and oxygen atoms in total. The molecule has 17 heavy (non-hydrogen) atoms. The van der Waals surface area contributed by atoms with Gasteiger partial charge in [0.05, 0.1) is 0 Å². The van der Waals surface area contributed by atoms with E-state index in [-0.39, 0.29) is 17.9 Å². The number of nitrogens with two attached hydrogens (primary N) is 1. The Bertz CT molecular complexity index is 297. The van der Waals surface area contributed by atoms with Crippen LogP contribution in [0.4, 0.5) is 0 Å². The molecule has 0 aromatic heterocycles. The third kappa shape index (κ3) is 3.43. The maximum atomic E-state index is 12.2. The van der Waals surface area contributed by atoms with Crippen LogP contribution in [-0.4, -0.2) is 42.4 Å². The Morgan fingerprint density at radius 2 is 2.06 bits per heavy atom. The van der Waals surface area contributed by atoms with Gasteiger partial charge in [0.2, 0.25) is 11.8 Å². The number of hydrogen-bond donors (Lipinski definition) is 2. The molecular weight excluding hydrogens is 218 g/mol. The quantitative estimate of drug-likeness (QED) is 0.735. The zero-order valence-corrected chi connectivity index (χ0v) is 11.0. The highest BCUT2D eigenvalue weighted by molar-refractivity contribution is 5.90. The second-order valence-electron chi connectivity index (χ2n) is 5.49. The minimum absolute atomic E-state index is 0.0444. The van der Waals surface area contributed by atoms with Gasteiger partial charge < -0.3 is 16.0 Å². The van der Waals surface area contributed by atoms with Crippen molar-refractivity contribution in [2.75, 3.05) is 19.6 Å². The zero-order valence-electron chi connectivity index (χ0n) is 11.0. The number of nitrogens with one attached hydrogen (secondary N) is 1. The maximum Gasteiger partial charge on any atom is 0.242 e. The van der Waals surface area contributed by atoms with Crippen LogP contribution >= 0.6 is 0 Å². The normalized spacial score (nSPS) is 20.5. The molecule has 98 valence electrons. The van der Waals surface area contributed by atoms with E-state index in [1.807, 2.05) is 20.8 Å². The minimum Gasteiger partial charge on any atom is -0.353 e. The Hall–Kier alpha value is -1.10. The topological polar surface area (TPSA) is 75.4 Å². The highest BCUT2D eigenvalue weighted by atomic mass is 16.2. The first kappa shape index (κ1) is 14.0. The molecule has 0 aromatic carbocycles. The molecule has 0 radical (unpaired) electrons. The van der Waals surface area contributed by atoms with Gasteiger partial charge in [-0.05, 0) is 12.8 Å². The van der Waals surface area contributed by atoms with Crippen LogP contribution in [0.5, 0.6) is 0 Å². The lowest BCUT2D eigenvalue weighted by atomic mass is 9.94. The van der Waals surface area contributed by atoms with E-state index < -0.39 is 5.41 Å². The van der Waals surface area contributed by atoms with Crippen LogP contribution in [0.3, 0.4) is 0 Å². The fraction of sp³-hybridized carbons (Fsp3) is 0.833. The number of rotatable bonds is 3. The lowest BCUT2D eigenvalue weighted by Crippen LogP contribution is -2.49. The molecule has 1 rings (SSSR count). The number of nitrogens with zero attached hydrogens (tertiary/aromatic N) is 1. The lowest BCUT2D eigenvalue weighted by Gasteiger charge is -2.30. The molecule has 0 saturated carbocycles. The number of carbonyl (C=O) groups excluding carboxylic acids is 2. The average molecular weight is 241 g/mol. The van der Waals surface area contributed by atoms with Crippen LogP contribution in [0.2, 0.25) is 0 Å². The summed E-state index contributed by atoms with van der Waals surface area (Å²) in [4.78, 5) is 25.8. The predicted molar refractivity (Wildman–Crippen MR) is 66.3 cm³/mol. The molecule has 1 aliphatic heterocycles. The number of amides is 2. The van der Waals surface area contributed by atoms with Gasteiger partial charge in [0.1, 0.15) is 6.04 Å². The monoisotopic (exact) mass is 241 g/mol. The van der Waals surface area contributed by atoms with E-state index in [4.69, 9.17) is 5.73 Å². The standard InChI is InChI=1S/C12H23N3O2/c1-12(2,3)11(17)15-8-4-5-9(15)10(16)14-7-6-13/h9H,4-8,13H2,1-3H3,(H,14,16).